The van der Waals surface area contributed by atoms with Crippen LogP contribution in [0.25, 0.3) is 0 Å². The van der Waals surface area contributed by atoms with Crippen molar-refractivity contribution in [2.24, 2.45) is 0 Å². The normalized spacial score (nSPS) is 21.9. The van der Waals surface area contributed by atoms with Gasteiger partial charge in [-0.3, -0.25) is 0 Å². The van der Waals surface area contributed by atoms with Gasteiger partial charge in [-0.25, -0.2) is 4.79 Å². The van der Waals surface area contributed by atoms with Crippen LogP contribution in [0.4, 0.5) is 4.79 Å². The molecule has 1 amide bonds. The first kappa shape index (κ1) is 16.8. The van der Waals surface area contributed by atoms with Crippen LogP contribution >= 0.6 is 0 Å². The van der Waals surface area contributed by atoms with E-state index in [-0.39, 0.29) is 18.2 Å². The molecule has 2 atom stereocenters. The summed E-state index contributed by atoms with van der Waals surface area (Å²) in [7, 11) is 0. The van der Waals surface area contributed by atoms with Crippen molar-refractivity contribution in [2.45, 2.75) is 64.9 Å². The third-order valence-corrected chi connectivity index (χ3v) is 3.80. The van der Waals surface area contributed by atoms with Crippen LogP contribution in [-0.2, 0) is 16.1 Å². The van der Waals surface area contributed by atoms with Gasteiger partial charge in [-0.1, -0.05) is 37.3 Å². The van der Waals surface area contributed by atoms with Crippen molar-refractivity contribution < 1.29 is 14.3 Å². The van der Waals surface area contributed by atoms with Crippen LogP contribution in [0.2, 0.25) is 0 Å². The minimum atomic E-state index is -0.460. The van der Waals surface area contributed by atoms with Crippen LogP contribution in [-0.4, -0.2) is 35.3 Å². The van der Waals surface area contributed by atoms with E-state index < -0.39 is 5.60 Å². The molecule has 4 heteroatoms. The minimum absolute atomic E-state index is 0.0812. The second kappa shape index (κ2) is 7.14. The highest BCUT2D eigenvalue weighted by Gasteiger charge is 2.36. The highest BCUT2D eigenvalue weighted by Crippen LogP contribution is 2.25. The molecule has 1 aromatic carbocycles. The average molecular weight is 305 g/mol. The van der Waals surface area contributed by atoms with Crippen molar-refractivity contribution in [3.8, 4) is 0 Å². The standard InChI is InChI=1S/C18H27NO3/c1-5-15-11-16(21-13-14-9-7-6-8-10-14)12-19(15)17(20)22-18(2,3)4/h6-10,15-16H,5,11-13H2,1-4H3. The predicted molar refractivity (Wildman–Crippen MR) is 86.7 cm³/mol. The maximum absolute atomic E-state index is 12.3. The molecule has 0 radical (unpaired) electrons. The molecule has 22 heavy (non-hydrogen) atoms. The van der Waals surface area contributed by atoms with Gasteiger partial charge in [-0.15, -0.1) is 0 Å². The quantitative estimate of drug-likeness (QED) is 0.844. The first-order valence-corrected chi connectivity index (χ1v) is 8.04. The SMILES string of the molecule is CCC1CC(OCc2ccccc2)CN1C(=O)OC(C)(C)C. The Hall–Kier alpha value is -1.55. The number of carbonyl (C=O) groups is 1. The lowest BCUT2D eigenvalue weighted by Gasteiger charge is -2.27. The predicted octanol–water partition coefficient (Wildman–Crippen LogP) is 3.99. The Morgan fingerprint density at radius 2 is 1.95 bits per heavy atom. The molecule has 0 aromatic heterocycles. The molecular formula is C18H27NO3. The maximum Gasteiger partial charge on any atom is 0.410 e. The van der Waals surface area contributed by atoms with Gasteiger partial charge in [-0.05, 0) is 39.2 Å². The van der Waals surface area contributed by atoms with E-state index in [1.54, 1.807) is 0 Å². The van der Waals surface area contributed by atoms with Crippen molar-refractivity contribution in [2.75, 3.05) is 6.54 Å². The fourth-order valence-electron chi connectivity index (χ4n) is 2.71. The molecule has 0 bridgehead atoms. The lowest BCUT2D eigenvalue weighted by atomic mass is 10.1. The fourth-order valence-corrected chi connectivity index (χ4v) is 2.71. The molecule has 0 saturated carbocycles. The van der Waals surface area contributed by atoms with Gasteiger partial charge in [0.2, 0.25) is 0 Å². The first-order valence-electron chi connectivity index (χ1n) is 8.04. The van der Waals surface area contributed by atoms with Crippen LogP contribution < -0.4 is 0 Å². The maximum atomic E-state index is 12.3. The molecule has 1 heterocycles. The Bertz CT molecular complexity index is 481. The summed E-state index contributed by atoms with van der Waals surface area (Å²) in [6.07, 6.45) is 1.65. The van der Waals surface area contributed by atoms with Gasteiger partial charge in [0, 0.05) is 6.04 Å². The zero-order valence-corrected chi connectivity index (χ0v) is 14.0. The van der Waals surface area contributed by atoms with Crippen molar-refractivity contribution in [1.29, 1.82) is 0 Å². The number of carbonyl (C=O) groups excluding carboxylic acids is 1. The molecule has 1 saturated heterocycles. The highest BCUT2D eigenvalue weighted by molar-refractivity contribution is 5.69. The van der Waals surface area contributed by atoms with E-state index in [1.165, 1.54) is 0 Å². The van der Waals surface area contributed by atoms with Gasteiger partial charge >= 0.3 is 6.09 Å². The monoisotopic (exact) mass is 305 g/mol. The molecule has 122 valence electrons. The van der Waals surface area contributed by atoms with Crippen molar-refractivity contribution >= 4 is 6.09 Å². The summed E-state index contributed by atoms with van der Waals surface area (Å²) < 4.78 is 11.5. The van der Waals surface area contributed by atoms with E-state index >= 15 is 0 Å². The van der Waals surface area contributed by atoms with E-state index in [0.29, 0.717) is 13.2 Å². The molecule has 1 aliphatic heterocycles. The Labute approximate surface area is 133 Å². The first-order chi connectivity index (χ1) is 10.4. The summed E-state index contributed by atoms with van der Waals surface area (Å²) in [5.74, 6) is 0. The minimum Gasteiger partial charge on any atom is -0.444 e. The van der Waals surface area contributed by atoms with Crippen molar-refractivity contribution in [3.05, 3.63) is 35.9 Å². The number of hydrogen-bond donors (Lipinski definition) is 0. The van der Waals surface area contributed by atoms with Crippen LogP contribution in [0.15, 0.2) is 30.3 Å². The summed E-state index contributed by atoms with van der Waals surface area (Å²) in [5.41, 5.74) is 0.699. The average Bonchev–Trinajstić information content (AvgIpc) is 2.88. The summed E-state index contributed by atoms with van der Waals surface area (Å²) in [5, 5.41) is 0. The molecule has 4 nitrogen and oxygen atoms in total. The summed E-state index contributed by atoms with van der Waals surface area (Å²) in [4.78, 5) is 14.1. The second-order valence-electron chi connectivity index (χ2n) is 6.85. The van der Waals surface area contributed by atoms with Crippen LogP contribution in [0, 0.1) is 0 Å². The van der Waals surface area contributed by atoms with Gasteiger partial charge < -0.3 is 14.4 Å². The highest BCUT2D eigenvalue weighted by atomic mass is 16.6. The van der Waals surface area contributed by atoms with Gasteiger partial charge in [0.25, 0.3) is 0 Å². The van der Waals surface area contributed by atoms with Crippen LogP contribution in [0.1, 0.15) is 46.1 Å². The van der Waals surface area contributed by atoms with Crippen molar-refractivity contribution in [1.82, 2.24) is 4.90 Å². The van der Waals surface area contributed by atoms with Gasteiger partial charge in [0.1, 0.15) is 5.60 Å². The summed E-state index contributed by atoms with van der Waals surface area (Å²) in [6, 6.07) is 10.3. The number of rotatable bonds is 4. The zero-order valence-electron chi connectivity index (χ0n) is 14.0. The van der Waals surface area contributed by atoms with Crippen LogP contribution in [0.3, 0.4) is 0 Å². The Morgan fingerprint density at radius 1 is 1.27 bits per heavy atom. The number of hydrogen-bond acceptors (Lipinski definition) is 3. The summed E-state index contributed by atoms with van der Waals surface area (Å²) >= 11 is 0. The topological polar surface area (TPSA) is 38.8 Å². The van der Waals surface area contributed by atoms with Crippen molar-refractivity contribution in [3.63, 3.8) is 0 Å². The van der Waals surface area contributed by atoms with Crippen LogP contribution in [0.5, 0.6) is 0 Å². The third kappa shape index (κ3) is 4.73. The molecule has 1 fully saturated rings. The van der Waals surface area contributed by atoms with E-state index in [4.69, 9.17) is 9.47 Å². The van der Waals surface area contributed by atoms with Gasteiger partial charge in [-0.2, -0.15) is 0 Å². The van der Waals surface area contributed by atoms with E-state index in [1.807, 2.05) is 43.9 Å². The largest absolute Gasteiger partial charge is 0.444 e. The Kier molecular flexibility index (Phi) is 5.46. The molecule has 0 aliphatic carbocycles. The molecule has 2 unspecified atom stereocenters. The molecule has 2 rings (SSSR count). The number of nitrogens with zero attached hydrogens (tertiary/aromatic N) is 1. The number of benzene rings is 1. The van der Waals surface area contributed by atoms with E-state index in [2.05, 4.69) is 19.1 Å². The lowest BCUT2D eigenvalue weighted by molar-refractivity contribution is 0.0148. The fraction of sp³-hybridized carbons (Fsp3) is 0.611. The number of likely N-dealkylation sites (tertiary alicyclic amines) is 1. The molecular weight excluding hydrogens is 278 g/mol. The molecule has 1 aliphatic rings. The lowest BCUT2D eigenvalue weighted by Crippen LogP contribution is -2.40. The molecule has 0 N–H and O–H groups in total. The number of ether oxygens (including phenoxy) is 2. The second-order valence-corrected chi connectivity index (χ2v) is 6.85. The van der Waals surface area contributed by atoms with E-state index in [9.17, 15) is 4.79 Å². The third-order valence-electron chi connectivity index (χ3n) is 3.80. The summed E-state index contributed by atoms with van der Waals surface area (Å²) in [6.45, 7) is 8.98. The van der Waals surface area contributed by atoms with Gasteiger partial charge in [0.05, 0.1) is 19.3 Å². The molecule has 0 spiro atoms. The number of amides is 1. The smallest absolute Gasteiger partial charge is 0.410 e. The Morgan fingerprint density at radius 3 is 2.55 bits per heavy atom. The Balaban J connectivity index is 1.90. The zero-order chi connectivity index (χ0) is 16.2. The molecule has 1 aromatic rings. The van der Waals surface area contributed by atoms with E-state index in [0.717, 1.165) is 18.4 Å². The van der Waals surface area contributed by atoms with Gasteiger partial charge in [0.15, 0.2) is 0 Å².